The smallest absolute Gasteiger partial charge is 0.204 e. The highest BCUT2D eigenvalue weighted by atomic mass is 32.2. The lowest BCUT2D eigenvalue weighted by Crippen LogP contribution is -2.25. The average Bonchev–Trinajstić information content (AvgIpc) is 2.41. The van der Waals surface area contributed by atoms with Crippen molar-refractivity contribution in [2.45, 2.75) is 25.8 Å². The third-order valence-corrected chi connectivity index (χ3v) is 3.96. The van der Waals surface area contributed by atoms with Gasteiger partial charge in [0.15, 0.2) is 11.6 Å². The Morgan fingerprint density at radius 3 is 2.72 bits per heavy atom. The van der Waals surface area contributed by atoms with Crippen LogP contribution in [0.3, 0.4) is 0 Å². The number of ether oxygens (including phenoxy) is 1. The van der Waals surface area contributed by atoms with Gasteiger partial charge >= 0.3 is 0 Å². The summed E-state index contributed by atoms with van der Waals surface area (Å²) in [5, 5.41) is 6.65. The van der Waals surface area contributed by atoms with Gasteiger partial charge in [0.1, 0.15) is 6.33 Å². The summed E-state index contributed by atoms with van der Waals surface area (Å²) in [6.07, 6.45) is 3.92. The fourth-order valence-corrected chi connectivity index (χ4v) is 3.11. The molecule has 2 N–H and O–H groups in total. The van der Waals surface area contributed by atoms with Crippen molar-refractivity contribution >= 4 is 23.4 Å². The molecule has 1 aromatic rings. The van der Waals surface area contributed by atoms with E-state index in [1.165, 1.54) is 24.3 Å². The van der Waals surface area contributed by atoms with Gasteiger partial charge in [0.25, 0.3) is 0 Å². The molecule has 0 spiro atoms. The second-order valence-electron chi connectivity index (χ2n) is 4.17. The fraction of sp³-hybridized carbons (Fsp3) is 0.667. The van der Waals surface area contributed by atoms with Crippen LogP contribution in [-0.2, 0) is 0 Å². The molecule has 5 nitrogen and oxygen atoms in total. The van der Waals surface area contributed by atoms with E-state index in [-0.39, 0.29) is 0 Å². The van der Waals surface area contributed by atoms with Gasteiger partial charge in [-0.2, -0.15) is 11.8 Å². The minimum absolute atomic E-state index is 0.490. The van der Waals surface area contributed by atoms with E-state index in [4.69, 9.17) is 4.74 Å². The molecule has 2 heterocycles. The van der Waals surface area contributed by atoms with Crippen LogP contribution in [0, 0.1) is 0 Å². The Labute approximate surface area is 112 Å². The van der Waals surface area contributed by atoms with E-state index >= 15 is 0 Å². The van der Waals surface area contributed by atoms with E-state index in [1.54, 1.807) is 13.4 Å². The Hall–Kier alpha value is -1.17. The summed E-state index contributed by atoms with van der Waals surface area (Å²) in [6, 6.07) is 0.490. The molecule has 0 aliphatic carbocycles. The third kappa shape index (κ3) is 3.19. The van der Waals surface area contributed by atoms with E-state index in [9.17, 15) is 0 Å². The highest BCUT2D eigenvalue weighted by Crippen LogP contribution is 2.30. The van der Waals surface area contributed by atoms with Crippen LogP contribution < -0.4 is 15.4 Å². The number of aromatic nitrogens is 2. The van der Waals surface area contributed by atoms with Crippen molar-refractivity contribution in [1.29, 1.82) is 0 Å². The minimum Gasteiger partial charge on any atom is -0.490 e. The Bertz CT molecular complexity index is 382. The van der Waals surface area contributed by atoms with Crippen LogP contribution in [-0.4, -0.2) is 41.2 Å². The first kappa shape index (κ1) is 13.3. The van der Waals surface area contributed by atoms with Crippen LogP contribution in [0.25, 0.3) is 0 Å². The molecule has 1 aromatic heterocycles. The zero-order chi connectivity index (χ0) is 12.8. The average molecular weight is 268 g/mol. The lowest BCUT2D eigenvalue weighted by molar-refractivity contribution is 0.414. The van der Waals surface area contributed by atoms with Gasteiger partial charge in [0.2, 0.25) is 5.75 Å². The van der Waals surface area contributed by atoms with Gasteiger partial charge < -0.3 is 15.4 Å². The molecule has 18 heavy (non-hydrogen) atoms. The molecule has 6 heteroatoms. The maximum atomic E-state index is 5.42. The SMILES string of the molecule is CCNc1ncnc(NC2CCSCC2)c1OC. The first-order valence-electron chi connectivity index (χ1n) is 6.32. The monoisotopic (exact) mass is 268 g/mol. The number of nitrogens with one attached hydrogen (secondary N) is 2. The van der Waals surface area contributed by atoms with Crippen molar-refractivity contribution in [3.05, 3.63) is 6.33 Å². The van der Waals surface area contributed by atoms with Gasteiger partial charge in [-0.1, -0.05) is 0 Å². The van der Waals surface area contributed by atoms with Crippen LogP contribution >= 0.6 is 11.8 Å². The van der Waals surface area contributed by atoms with Crippen molar-refractivity contribution < 1.29 is 4.74 Å². The van der Waals surface area contributed by atoms with Crippen LogP contribution in [0.1, 0.15) is 19.8 Å². The standard InChI is InChI=1S/C12H20N4OS/c1-3-13-11-10(17-2)12(15-8-14-11)16-9-4-6-18-7-5-9/h8-9H,3-7H2,1-2H3,(H2,13,14,15,16). The number of hydrogen-bond donors (Lipinski definition) is 2. The summed E-state index contributed by atoms with van der Waals surface area (Å²) in [4.78, 5) is 8.49. The highest BCUT2D eigenvalue weighted by Gasteiger charge is 2.18. The molecule has 100 valence electrons. The Kier molecular flexibility index (Phi) is 4.92. The normalized spacial score (nSPS) is 16.3. The van der Waals surface area contributed by atoms with E-state index in [1.807, 2.05) is 18.7 Å². The molecule has 1 saturated heterocycles. The Morgan fingerprint density at radius 2 is 2.06 bits per heavy atom. The van der Waals surface area contributed by atoms with E-state index in [0.717, 1.165) is 18.2 Å². The zero-order valence-corrected chi connectivity index (χ0v) is 11.7. The summed E-state index contributed by atoms with van der Waals surface area (Å²) in [6.45, 7) is 2.85. The van der Waals surface area contributed by atoms with Crippen molar-refractivity contribution in [3.63, 3.8) is 0 Å². The molecule has 0 atom stereocenters. The summed E-state index contributed by atoms with van der Waals surface area (Å²) >= 11 is 2.01. The van der Waals surface area contributed by atoms with Crippen LogP contribution in [0.4, 0.5) is 11.6 Å². The number of rotatable bonds is 5. The van der Waals surface area contributed by atoms with Crippen LogP contribution in [0.5, 0.6) is 5.75 Å². The molecule has 0 bridgehead atoms. The topological polar surface area (TPSA) is 59.1 Å². The van der Waals surface area contributed by atoms with Gasteiger partial charge in [0, 0.05) is 12.6 Å². The molecule has 1 fully saturated rings. The maximum absolute atomic E-state index is 5.42. The molecule has 2 rings (SSSR count). The quantitative estimate of drug-likeness (QED) is 0.854. The van der Waals surface area contributed by atoms with Gasteiger partial charge in [-0.15, -0.1) is 0 Å². The molecular formula is C12H20N4OS. The molecule has 0 aromatic carbocycles. The second-order valence-corrected chi connectivity index (χ2v) is 5.39. The number of anilines is 2. The van der Waals surface area contributed by atoms with Crippen molar-refractivity contribution in [2.75, 3.05) is 35.8 Å². The molecule has 0 unspecified atom stereocenters. The summed E-state index contributed by atoms with van der Waals surface area (Å²) in [5.41, 5.74) is 0. The van der Waals surface area contributed by atoms with Crippen molar-refractivity contribution in [2.24, 2.45) is 0 Å². The first-order chi connectivity index (χ1) is 8.85. The lowest BCUT2D eigenvalue weighted by atomic mass is 10.1. The van der Waals surface area contributed by atoms with Gasteiger partial charge in [-0.3, -0.25) is 0 Å². The highest BCUT2D eigenvalue weighted by molar-refractivity contribution is 7.99. The van der Waals surface area contributed by atoms with Gasteiger partial charge in [-0.05, 0) is 31.3 Å². The van der Waals surface area contributed by atoms with Gasteiger partial charge in [0.05, 0.1) is 7.11 Å². The number of thioether (sulfide) groups is 1. The summed E-state index contributed by atoms with van der Waals surface area (Å²) < 4.78 is 5.42. The summed E-state index contributed by atoms with van der Waals surface area (Å²) in [5.74, 6) is 4.68. The lowest BCUT2D eigenvalue weighted by Gasteiger charge is -2.24. The van der Waals surface area contributed by atoms with Crippen molar-refractivity contribution in [3.8, 4) is 5.75 Å². The number of nitrogens with zero attached hydrogens (tertiary/aromatic N) is 2. The Morgan fingerprint density at radius 1 is 1.33 bits per heavy atom. The molecule has 1 aliphatic rings. The predicted molar refractivity (Wildman–Crippen MR) is 76.7 cm³/mol. The summed E-state index contributed by atoms with van der Waals surface area (Å²) in [7, 11) is 1.65. The Balaban J connectivity index is 2.12. The fourth-order valence-electron chi connectivity index (χ4n) is 2.00. The minimum atomic E-state index is 0.490. The first-order valence-corrected chi connectivity index (χ1v) is 7.47. The molecule has 0 radical (unpaired) electrons. The third-order valence-electron chi connectivity index (χ3n) is 2.91. The predicted octanol–water partition coefficient (Wildman–Crippen LogP) is 2.22. The second kappa shape index (κ2) is 6.68. The van der Waals surface area contributed by atoms with Gasteiger partial charge in [-0.25, -0.2) is 9.97 Å². The largest absolute Gasteiger partial charge is 0.490 e. The van der Waals surface area contributed by atoms with Crippen LogP contribution in [0.15, 0.2) is 6.33 Å². The maximum Gasteiger partial charge on any atom is 0.204 e. The molecule has 0 amide bonds. The van der Waals surface area contributed by atoms with E-state index in [0.29, 0.717) is 11.8 Å². The zero-order valence-electron chi connectivity index (χ0n) is 10.9. The molecular weight excluding hydrogens is 248 g/mol. The molecule has 1 aliphatic heterocycles. The number of methoxy groups -OCH3 is 1. The molecule has 0 saturated carbocycles. The van der Waals surface area contributed by atoms with E-state index < -0.39 is 0 Å². The van der Waals surface area contributed by atoms with Crippen LogP contribution in [0.2, 0.25) is 0 Å². The number of hydrogen-bond acceptors (Lipinski definition) is 6. The van der Waals surface area contributed by atoms with E-state index in [2.05, 4.69) is 20.6 Å². The van der Waals surface area contributed by atoms with Crippen molar-refractivity contribution in [1.82, 2.24) is 9.97 Å².